The summed E-state index contributed by atoms with van der Waals surface area (Å²) in [4.78, 5) is 19.9. The Hall–Kier alpha value is -3.25. The van der Waals surface area contributed by atoms with Crippen molar-refractivity contribution in [2.45, 2.75) is 144 Å². The molecule has 9 nitrogen and oxygen atoms in total. The predicted molar refractivity (Wildman–Crippen MR) is 362 cm³/mol. The highest BCUT2D eigenvalue weighted by molar-refractivity contribution is 7.81. The number of ether oxygens (including phenoxy) is 1. The Morgan fingerprint density at radius 1 is 0.533 bits per heavy atom. The van der Waals surface area contributed by atoms with Crippen molar-refractivity contribution in [3.63, 3.8) is 0 Å². The van der Waals surface area contributed by atoms with Gasteiger partial charge in [-0.2, -0.15) is 63.1 Å². The van der Waals surface area contributed by atoms with E-state index in [-0.39, 0.29) is 70.8 Å². The molecule has 0 aliphatic carbocycles. The summed E-state index contributed by atoms with van der Waals surface area (Å²) in [7, 11) is 0. The number of unbranched alkanes of at least 4 members (excludes halogenated alkanes) is 12. The summed E-state index contributed by atoms with van der Waals surface area (Å²) in [5, 5.41) is 49.4. The van der Waals surface area contributed by atoms with E-state index in [2.05, 4.69) is 212 Å². The van der Waals surface area contributed by atoms with Crippen LogP contribution in [-0.4, -0.2) is 110 Å². The molecule has 0 aromatic rings. The molecule has 0 aromatic carbocycles. The molecule has 0 fully saturated rings. The molecule has 1 atom stereocenters. The smallest absolute Gasteiger partial charge is 0.315 e. The van der Waals surface area contributed by atoms with Crippen molar-refractivity contribution < 1.29 is 45.0 Å². The van der Waals surface area contributed by atoms with Gasteiger partial charge in [0, 0.05) is 31.5 Å². The van der Waals surface area contributed by atoms with E-state index in [1.807, 2.05) is 6.08 Å². The molecule has 0 aliphatic rings. The molecule has 0 spiro atoms. The maximum Gasteiger partial charge on any atom is 0.315 e. The minimum Gasteiger partial charge on any atom is -0.481 e. The van der Waals surface area contributed by atoms with Crippen LogP contribution in [0.25, 0.3) is 0 Å². The molecule has 0 amide bonds. The fourth-order valence-electron chi connectivity index (χ4n) is 3.15. The molecule has 0 saturated carbocycles. The van der Waals surface area contributed by atoms with Gasteiger partial charge in [0.2, 0.25) is 0 Å². The fourth-order valence-corrected chi connectivity index (χ4v) is 3.66. The predicted octanol–water partition coefficient (Wildman–Crippen LogP) is 16.4. The number of thiol groups is 5. The van der Waals surface area contributed by atoms with Crippen molar-refractivity contribution >= 4 is 75.1 Å². The number of carbonyl (C=O) groups is 2. The highest BCUT2D eigenvalue weighted by Gasteiger charge is 2.01. The molecule has 6 N–H and O–H groups in total. The Balaban J connectivity index is -0.0000000372. The minimum atomic E-state index is -0.881. The van der Waals surface area contributed by atoms with Gasteiger partial charge in [-0.05, 0) is 63.2 Å². The van der Waals surface area contributed by atoms with Crippen LogP contribution in [-0.2, 0) is 14.3 Å². The summed E-state index contributed by atoms with van der Waals surface area (Å²) in [6, 6.07) is 0. The van der Waals surface area contributed by atoms with Crippen molar-refractivity contribution in [2.24, 2.45) is 5.92 Å². The van der Waals surface area contributed by atoms with E-state index in [0.717, 1.165) is 25.0 Å². The Bertz CT molecular complexity index is 1070. The lowest BCUT2D eigenvalue weighted by molar-refractivity contribution is -0.140. The standard InChI is InChI=1S/C11H22.C10H20O2S.C6H14O2S.C4H10O2S.2C4H6.C4H4.2C3H4.C2H4O2S.C2H6OS.3C2H4.2CH4/c1-3-5-7-9-11-10-8-6-4-2;1-2-3-4-5-6-7-8-12-10(11)9-13;7-4-3-6(8)2-1-5-9;5-1-4(2-6)3-7;3*1-3-4-2;2*1-3-2;3-2(4)1-5;3-1-2-4;3*1-2;;/h3H,1,4-11H2,2H3;13H,2-9H2,1H3;6-9H,1-5H2;4-7H,1-3H2;2*3-4H,1-2H2;1-2H2;2*1-2H2;5H,1H2,(H,3,4);3-4H,1-2H2;3*1-2H2;2*1H4. The van der Waals surface area contributed by atoms with Crippen LogP contribution in [0.3, 0.4) is 0 Å². The largest absolute Gasteiger partial charge is 0.481 e. The zero-order valence-electron chi connectivity index (χ0n) is 46.3. The van der Waals surface area contributed by atoms with Gasteiger partial charge in [-0.1, -0.05) is 194 Å². The Morgan fingerprint density at radius 3 is 1.05 bits per heavy atom. The Kier molecular flexibility index (Phi) is 253. The highest BCUT2D eigenvalue weighted by Crippen LogP contribution is 2.08. The lowest BCUT2D eigenvalue weighted by Crippen LogP contribution is -2.11. The van der Waals surface area contributed by atoms with Crippen LogP contribution >= 0.6 is 63.1 Å². The van der Waals surface area contributed by atoms with E-state index in [9.17, 15) is 9.59 Å². The second kappa shape index (κ2) is 164. The lowest BCUT2D eigenvalue weighted by Gasteiger charge is -2.05. The van der Waals surface area contributed by atoms with Crippen molar-refractivity contribution in [3.8, 4) is 0 Å². The molecule has 0 radical (unpaired) electrons. The van der Waals surface area contributed by atoms with Gasteiger partial charge in [-0.25, -0.2) is 0 Å². The summed E-state index contributed by atoms with van der Waals surface area (Å²) >= 11 is 18.7. The second-order valence-corrected chi connectivity index (χ2v) is 14.5. The number of carboxylic acids is 1. The first kappa shape index (κ1) is 116. The van der Waals surface area contributed by atoms with Crippen LogP contribution in [0.2, 0.25) is 0 Å². The number of rotatable bonds is 28. The number of aliphatic carboxylic acids is 1. The van der Waals surface area contributed by atoms with Gasteiger partial charge in [-0.3, -0.25) is 9.59 Å². The Morgan fingerprint density at radius 2 is 0.853 bits per heavy atom. The number of carboxylic acid groups (broad SMARTS) is 1. The van der Waals surface area contributed by atoms with Gasteiger partial charge in [-0.15, -0.1) is 57.5 Å². The Labute approximate surface area is 493 Å². The van der Waals surface area contributed by atoms with E-state index >= 15 is 0 Å². The minimum absolute atomic E-state index is 0. The molecule has 14 heteroatoms. The highest BCUT2D eigenvalue weighted by atomic mass is 32.1. The number of aliphatic hydroxyl groups is 5. The van der Waals surface area contributed by atoms with Gasteiger partial charge < -0.3 is 35.4 Å². The number of hydrogen-bond donors (Lipinski definition) is 11. The topological polar surface area (TPSA) is 165 Å². The molecule has 0 aliphatic heterocycles. The molecule has 0 rings (SSSR count). The van der Waals surface area contributed by atoms with Gasteiger partial charge in [0.05, 0.1) is 30.8 Å². The zero-order valence-corrected chi connectivity index (χ0v) is 50.8. The van der Waals surface area contributed by atoms with Crippen LogP contribution in [0, 0.1) is 5.92 Å². The third-order valence-electron chi connectivity index (χ3n) is 6.53. The lowest BCUT2D eigenvalue weighted by atomic mass is 10.1. The molecular formula is C61H120O9S5. The van der Waals surface area contributed by atoms with E-state index < -0.39 is 5.97 Å². The molecule has 0 saturated heterocycles. The monoisotopic (exact) mass is 1160 g/mol. The van der Waals surface area contributed by atoms with Crippen LogP contribution in [0.4, 0.5) is 0 Å². The SMILES string of the molecule is C.C.C=C.C=C.C=C.C=C=C.C=C=C.C=C=C=C.C=CC=C.C=CC=C.C=CCCCCCCCCC.CCCCCCCCOC(=O)CS.O=C(O)CS.OCC(CO)CS.OCCC(O)CCCS.OCCS. The van der Waals surface area contributed by atoms with Gasteiger partial charge in [0.1, 0.15) is 0 Å². The van der Waals surface area contributed by atoms with Crippen LogP contribution in [0.5, 0.6) is 0 Å². The number of hydrogen-bond acceptors (Lipinski definition) is 13. The number of esters is 1. The normalized spacial score (nSPS) is 7.75. The quantitative estimate of drug-likeness (QED) is 0.00914. The molecule has 0 bridgehead atoms. The van der Waals surface area contributed by atoms with Crippen molar-refractivity contribution in [3.05, 3.63) is 165 Å². The first-order valence-corrected chi connectivity index (χ1v) is 27.0. The van der Waals surface area contributed by atoms with E-state index in [1.165, 1.54) is 83.5 Å². The van der Waals surface area contributed by atoms with Gasteiger partial charge in [0.15, 0.2) is 0 Å². The third-order valence-corrected chi connectivity index (χ3v) is 8.09. The van der Waals surface area contributed by atoms with Crippen molar-refractivity contribution in [1.82, 2.24) is 0 Å². The zero-order chi connectivity index (χ0) is 60.5. The average Bonchev–Trinajstić information content (AvgIpc) is 3.43. The van der Waals surface area contributed by atoms with Gasteiger partial charge >= 0.3 is 11.9 Å². The van der Waals surface area contributed by atoms with E-state index in [0.29, 0.717) is 24.5 Å². The third kappa shape index (κ3) is 277. The fraction of sp³-hybridized carbons (Fsp3) is 0.541. The number of allylic oxidation sites excluding steroid dienone is 5. The van der Waals surface area contributed by atoms with Crippen molar-refractivity contribution in [2.75, 3.05) is 61.8 Å². The maximum absolute atomic E-state index is 10.6. The summed E-state index contributed by atoms with van der Waals surface area (Å²) in [6.07, 6.45) is 28.7. The van der Waals surface area contributed by atoms with Crippen LogP contribution in [0.15, 0.2) is 165 Å². The maximum atomic E-state index is 10.6. The molecule has 75 heavy (non-hydrogen) atoms. The first-order chi connectivity index (χ1) is 35.1. The van der Waals surface area contributed by atoms with Crippen molar-refractivity contribution in [1.29, 1.82) is 0 Å². The van der Waals surface area contributed by atoms with E-state index in [1.54, 1.807) is 24.3 Å². The molecule has 1 unspecified atom stereocenters. The van der Waals surface area contributed by atoms with Crippen LogP contribution < -0.4 is 0 Å². The molecule has 448 valence electrons. The van der Waals surface area contributed by atoms with E-state index in [4.69, 9.17) is 35.4 Å². The second-order valence-electron chi connectivity index (χ2n) is 12.6. The van der Waals surface area contributed by atoms with Gasteiger partial charge in [0.25, 0.3) is 0 Å². The average molecular weight is 1160 g/mol. The molecule has 0 heterocycles. The summed E-state index contributed by atoms with van der Waals surface area (Å²) in [5.41, 5.74) is 9.14. The van der Waals surface area contributed by atoms with Crippen LogP contribution in [0.1, 0.15) is 138 Å². The number of carbonyl (C=O) groups excluding carboxylic acids is 1. The number of aliphatic hydroxyl groups excluding tert-OH is 5. The summed E-state index contributed by atoms with van der Waals surface area (Å²) in [6.45, 7) is 59.4. The molecule has 0 aromatic heterocycles. The molecular weight excluding hydrogens is 1040 g/mol. The first-order valence-electron chi connectivity index (χ1n) is 23.9. The summed E-state index contributed by atoms with van der Waals surface area (Å²) < 4.78 is 4.88. The summed E-state index contributed by atoms with van der Waals surface area (Å²) in [5.74, 6) is 0.902.